The Morgan fingerprint density at radius 1 is 1.38 bits per heavy atom. The fourth-order valence-electron chi connectivity index (χ4n) is 1.86. The van der Waals surface area contributed by atoms with Crippen LogP contribution in [-0.2, 0) is 0 Å². The first kappa shape index (κ1) is 10.9. The van der Waals surface area contributed by atoms with Gasteiger partial charge in [0.15, 0.2) is 0 Å². The molecule has 0 unspecified atom stereocenters. The van der Waals surface area contributed by atoms with Gasteiger partial charge in [-0.1, -0.05) is 0 Å². The number of nitrogens with one attached hydrogen (secondary N) is 1. The highest BCUT2D eigenvalue weighted by Crippen LogP contribution is 2.22. The molecule has 0 aliphatic carbocycles. The molecule has 2 rings (SSSR count). The molecule has 4 nitrogen and oxygen atoms in total. The number of rotatable bonds is 2. The molecule has 1 aliphatic rings. The molecule has 86 valence electrons. The van der Waals surface area contributed by atoms with Crippen LogP contribution in [0.3, 0.4) is 0 Å². The predicted octanol–water partition coefficient (Wildman–Crippen LogP) is 0.933. The van der Waals surface area contributed by atoms with Crippen LogP contribution in [0.4, 0.5) is 10.1 Å². The van der Waals surface area contributed by atoms with E-state index < -0.39 is 11.8 Å². The molecule has 0 radical (unpaired) electrons. The van der Waals surface area contributed by atoms with Crippen LogP contribution >= 0.6 is 0 Å². The average molecular weight is 224 g/mol. The number of carboxylic acid groups (broad SMARTS) is 1. The number of halogens is 1. The second-order valence-corrected chi connectivity index (χ2v) is 3.70. The zero-order valence-corrected chi connectivity index (χ0v) is 8.74. The molecule has 0 spiro atoms. The first-order valence-corrected chi connectivity index (χ1v) is 5.17. The number of anilines is 1. The first-order chi connectivity index (χ1) is 7.68. The molecule has 5 heteroatoms. The zero-order valence-electron chi connectivity index (χ0n) is 8.74. The Balaban J connectivity index is 2.34. The van der Waals surface area contributed by atoms with Gasteiger partial charge in [-0.05, 0) is 18.2 Å². The van der Waals surface area contributed by atoms with E-state index in [0.29, 0.717) is 5.69 Å². The Morgan fingerprint density at radius 2 is 2.06 bits per heavy atom. The van der Waals surface area contributed by atoms with Crippen molar-refractivity contribution in [2.45, 2.75) is 0 Å². The van der Waals surface area contributed by atoms with Gasteiger partial charge in [-0.25, -0.2) is 9.18 Å². The standard InChI is InChI=1S/C11H13FN2O2/c12-8-1-2-10(9(7-8)11(15)16)14-5-3-13-4-6-14/h1-2,7,13H,3-6H2,(H,15,16). The molecule has 0 bridgehead atoms. The minimum Gasteiger partial charge on any atom is -0.478 e. The van der Waals surface area contributed by atoms with Gasteiger partial charge in [0.05, 0.1) is 11.3 Å². The van der Waals surface area contributed by atoms with Crippen molar-refractivity contribution in [2.75, 3.05) is 31.1 Å². The van der Waals surface area contributed by atoms with Crippen molar-refractivity contribution >= 4 is 11.7 Å². The van der Waals surface area contributed by atoms with E-state index in [-0.39, 0.29) is 5.56 Å². The molecule has 0 amide bonds. The highest BCUT2D eigenvalue weighted by molar-refractivity contribution is 5.94. The lowest BCUT2D eigenvalue weighted by atomic mass is 10.1. The van der Waals surface area contributed by atoms with Gasteiger partial charge in [-0.15, -0.1) is 0 Å². The van der Waals surface area contributed by atoms with Gasteiger partial charge in [-0.3, -0.25) is 0 Å². The lowest BCUT2D eigenvalue weighted by molar-refractivity contribution is 0.0697. The van der Waals surface area contributed by atoms with Crippen LogP contribution in [0.2, 0.25) is 0 Å². The molecule has 0 aromatic heterocycles. The smallest absolute Gasteiger partial charge is 0.337 e. The number of hydrogen-bond acceptors (Lipinski definition) is 3. The summed E-state index contributed by atoms with van der Waals surface area (Å²) in [6, 6.07) is 3.90. The summed E-state index contributed by atoms with van der Waals surface area (Å²) in [5.41, 5.74) is 0.623. The fraction of sp³-hybridized carbons (Fsp3) is 0.364. The molecule has 1 aliphatic heterocycles. The number of carboxylic acids is 1. The van der Waals surface area contributed by atoms with Gasteiger partial charge in [-0.2, -0.15) is 0 Å². The normalized spacial score (nSPS) is 16.2. The highest BCUT2D eigenvalue weighted by atomic mass is 19.1. The summed E-state index contributed by atoms with van der Waals surface area (Å²) in [7, 11) is 0. The number of aromatic carboxylic acids is 1. The van der Waals surface area contributed by atoms with Gasteiger partial charge in [0.1, 0.15) is 5.82 Å². The van der Waals surface area contributed by atoms with Gasteiger partial charge < -0.3 is 15.3 Å². The van der Waals surface area contributed by atoms with Crippen molar-refractivity contribution in [1.82, 2.24) is 5.32 Å². The van der Waals surface area contributed by atoms with Crippen molar-refractivity contribution in [2.24, 2.45) is 0 Å². The van der Waals surface area contributed by atoms with Crippen molar-refractivity contribution in [3.05, 3.63) is 29.6 Å². The largest absolute Gasteiger partial charge is 0.478 e. The summed E-state index contributed by atoms with van der Waals surface area (Å²) >= 11 is 0. The van der Waals surface area contributed by atoms with Crippen molar-refractivity contribution in [3.63, 3.8) is 0 Å². The van der Waals surface area contributed by atoms with E-state index in [1.807, 2.05) is 4.90 Å². The quantitative estimate of drug-likeness (QED) is 0.784. The molecule has 0 atom stereocenters. The summed E-state index contributed by atoms with van der Waals surface area (Å²) in [4.78, 5) is 13.0. The van der Waals surface area contributed by atoms with E-state index in [1.165, 1.54) is 12.1 Å². The van der Waals surface area contributed by atoms with Crippen LogP contribution < -0.4 is 10.2 Å². The molecule has 1 aromatic rings. The number of benzene rings is 1. The molecule has 1 aromatic carbocycles. The van der Waals surface area contributed by atoms with Crippen LogP contribution in [0.15, 0.2) is 18.2 Å². The van der Waals surface area contributed by atoms with Gasteiger partial charge in [0, 0.05) is 26.2 Å². The SMILES string of the molecule is O=C(O)c1cc(F)ccc1N1CCNCC1. The second kappa shape index (κ2) is 4.49. The van der Waals surface area contributed by atoms with Gasteiger partial charge >= 0.3 is 5.97 Å². The van der Waals surface area contributed by atoms with Crippen LogP contribution in [0.25, 0.3) is 0 Å². The minimum absolute atomic E-state index is 0.0295. The number of nitrogens with zero attached hydrogens (tertiary/aromatic N) is 1. The molecule has 1 heterocycles. The maximum absolute atomic E-state index is 13.0. The van der Waals surface area contributed by atoms with Crippen LogP contribution in [-0.4, -0.2) is 37.3 Å². The van der Waals surface area contributed by atoms with Crippen molar-refractivity contribution in [3.8, 4) is 0 Å². The molecule has 0 saturated carbocycles. The van der Waals surface area contributed by atoms with E-state index in [1.54, 1.807) is 0 Å². The third-order valence-electron chi connectivity index (χ3n) is 2.65. The first-order valence-electron chi connectivity index (χ1n) is 5.17. The third-order valence-corrected chi connectivity index (χ3v) is 2.65. The summed E-state index contributed by atoms with van der Waals surface area (Å²) in [5.74, 6) is -1.61. The number of hydrogen-bond donors (Lipinski definition) is 2. The third kappa shape index (κ3) is 2.14. The zero-order chi connectivity index (χ0) is 11.5. The maximum Gasteiger partial charge on any atom is 0.337 e. The van der Waals surface area contributed by atoms with Gasteiger partial charge in [0.25, 0.3) is 0 Å². The van der Waals surface area contributed by atoms with Crippen molar-refractivity contribution in [1.29, 1.82) is 0 Å². The molecule has 1 fully saturated rings. The van der Waals surface area contributed by atoms with Crippen molar-refractivity contribution < 1.29 is 14.3 Å². The Labute approximate surface area is 92.7 Å². The number of piperazine rings is 1. The predicted molar refractivity (Wildman–Crippen MR) is 58.4 cm³/mol. The maximum atomic E-state index is 13.0. The average Bonchev–Trinajstić information content (AvgIpc) is 2.30. The Kier molecular flexibility index (Phi) is 3.05. The summed E-state index contributed by atoms with van der Waals surface area (Å²) in [5, 5.41) is 12.2. The topological polar surface area (TPSA) is 52.6 Å². The fourth-order valence-corrected chi connectivity index (χ4v) is 1.86. The van der Waals surface area contributed by atoms with E-state index >= 15 is 0 Å². The van der Waals surface area contributed by atoms with Gasteiger partial charge in [0.2, 0.25) is 0 Å². The van der Waals surface area contributed by atoms with E-state index in [9.17, 15) is 9.18 Å². The molecular formula is C11H13FN2O2. The Morgan fingerprint density at radius 3 is 2.69 bits per heavy atom. The summed E-state index contributed by atoms with van der Waals surface area (Å²) < 4.78 is 13.0. The van der Waals surface area contributed by atoms with Crippen LogP contribution in [0, 0.1) is 5.82 Å². The number of carbonyl (C=O) groups is 1. The molecular weight excluding hydrogens is 211 g/mol. The molecule has 16 heavy (non-hydrogen) atoms. The van der Waals surface area contributed by atoms with Crippen LogP contribution in [0.5, 0.6) is 0 Å². The van der Waals surface area contributed by atoms with Crippen LogP contribution in [0.1, 0.15) is 10.4 Å². The highest BCUT2D eigenvalue weighted by Gasteiger charge is 2.18. The second-order valence-electron chi connectivity index (χ2n) is 3.70. The van der Waals surface area contributed by atoms with E-state index in [4.69, 9.17) is 5.11 Å². The van der Waals surface area contributed by atoms with E-state index in [2.05, 4.69) is 5.32 Å². The summed E-state index contributed by atoms with van der Waals surface area (Å²) in [6.07, 6.45) is 0. The lowest BCUT2D eigenvalue weighted by Crippen LogP contribution is -2.44. The monoisotopic (exact) mass is 224 g/mol. The molecule has 2 N–H and O–H groups in total. The molecule has 1 saturated heterocycles. The Bertz CT molecular complexity index is 403. The summed E-state index contributed by atoms with van der Waals surface area (Å²) in [6.45, 7) is 3.12. The Hall–Kier alpha value is -1.62. The minimum atomic E-state index is -1.09. The van der Waals surface area contributed by atoms with E-state index in [0.717, 1.165) is 32.2 Å². The lowest BCUT2D eigenvalue weighted by Gasteiger charge is -2.30.